The Bertz CT molecular complexity index is 1220. The molecule has 5 rings (SSSR count). The lowest BCUT2D eigenvalue weighted by Gasteiger charge is -2.30. The second kappa shape index (κ2) is 11.0. The fraction of sp³-hybridized carbons (Fsp3) is 0.296. The van der Waals surface area contributed by atoms with Gasteiger partial charge in [0.2, 0.25) is 0 Å². The molecule has 2 heterocycles. The molecule has 0 spiro atoms. The quantitative estimate of drug-likeness (QED) is 0.281. The Morgan fingerprint density at radius 2 is 1.82 bits per heavy atom. The fourth-order valence-electron chi connectivity index (χ4n) is 4.16. The van der Waals surface area contributed by atoms with Crippen LogP contribution >= 0.6 is 15.9 Å². The predicted molar refractivity (Wildman–Crippen MR) is 138 cm³/mol. The van der Waals surface area contributed by atoms with E-state index in [0.29, 0.717) is 19.8 Å². The maximum absolute atomic E-state index is 6.31. The van der Waals surface area contributed by atoms with E-state index >= 15 is 0 Å². The lowest BCUT2D eigenvalue weighted by molar-refractivity contribution is 0.107. The first-order chi connectivity index (χ1) is 16.8. The molecule has 1 fully saturated rings. The summed E-state index contributed by atoms with van der Waals surface area (Å²) >= 11 is 3.57. The molecule has 0 aliphatic carbocycles. The van der Waals surface area contributed by atoms with Crippen molar-refractivity contribution in [3.8, 4) is 17.0 Å². The number of fused-ring (bicyclic) bond motifs is 1. The first-order valence-corrected chi connectivity index (χ1v) is 12.4. The van der Waals surface area contributed by atoms with Gasteiger partial charge in [0.1, 0.15) is 11.4 Å². The van der Waals surface area contributed by atoms with E-state index in [1.165, 1.54) is 5.56 Å². The second-order valence-electron chi connectivity index (χ2n) is 8.28. The van der Waals surface area contributed by atoms with Crippen LogP contribution in [-0.2, 0) is 16.1 Å². The molecule has 0 atom stereocenters. The first-order valence-electron chi connectivity index (χ1n) is 11.6. The zero-order valence-electron chi connectivity index (χ0n) is 19.0. The number of halogens is 1. The standard InChI is InChI=1S/C27H28BrN3O3/c28-22-8-9-24-23(18-22)27(30-29-24)21-7-10-25(31-11-15-32-16-12-31)26(17-21)34-14-4-13-33-19-20-5-2-1-3-6-20/h1-3,5-10,17-18H,4,11-16,19H2,(H,29,30). The van der Waals surface area contributed by atoms with Crippen LogP contribution in [0.2, 0.25) is 0 Å². The van der Waals surface area contributed by atoms with E-state index in [9.17, 15) is 0 Å². The van der Waals surface area contributed by atoms with Crippen LogP contribution in [0.3, 0.4) is 0 Å². The summed E-state index contributed by atoms with van der Waals surface area (Å²) in [6.07, 6.45) is 0.817. The third kappa shape index (κ3) is 5.43. The number of hydrogen-bond acceptors (Lipinski definition) is 5. The van der Waals surface area contributed by atoms with Gasteiger partial charge in [-0.2, -0.15) is 5.10 Å². The average Bonchev–Trinajstić information content (AvgIpc) is 3.30. The molecule has 1 aromatic heterocycles. The molecular weight excluding hydrogens is 494 g/mol. The summed E-state index contributed by atoms with van der Waals surface area (Å²) in [6, 6.07) is 22.7. The van der Waals surface area contributed by atoms with Crippen LogP contribution in [-0.4, -0.2) is 49.7 Å². The summed E-state index contributed by atoms with van der Waals surface area (Å²) < 4.78 is 18.7. The molecule has 176 valence electrons. The van der Waals surface area contributed by atoms with Crippen molar-refractivity contribution in [1.82, 2.24) is 10.2 Å². The van der Waals surface area contributed by atoms with E-state index < -0.39 is 0 Å². The minimum Gasteiger partial charge on any atom is -0.491 e. The molecule has 7 heteroatoms. The monoisotopic (exact) mass is 521 g/mol. The average molecular weight is 522 g/mol. The number of benzene rings is 3. The number of nitrogens with zero attached hydrogens (tertiary/aromatic N) is 2. The number of anilines is 1. The normalized spacial score (nSPS) is 14.0. The summed E-state index contributed by atoms with van der Waals surface area (Å²) in [5.74, 6) is 0.869. The molecule has 1 N–H and O–H groups in total. The molecule has 34 heavy (non-hydrogen) atoms. The minimum atomic E-state index is 0.586. The molecule has 0 saturated carbocycles. The van der Waals surface area contributed by atoms with Gasteiger partial charge >= 0.3 is 0 Å². The number of hydrogen-bond donors (Lipinski definition) is 1. The Balaban J connectivity index is 1.30. The van der Waals surface area contributed by atoms with Crippen LogP contribution in [0.15, 0.2) is 71.2 Å². The highest BCUT2D eigenvalue weighted by atomic mass is 79.9. The number of H-pyrrole nitrogens is 1. The maximum atomic E-state index is 6.31. The van der Waals surface area contributed by atoms with Crippen molar-refractivity contribution < 1.29 is 14.2 Å². The highest BCUT2D eigenvalue weighted by Crippen LogP contribution is 2.36. The van der Waals surface area contributed by atoms with Gasteiger partial charge in [-0.1, -0.05) is 52.3 Å². The van der Waals surface area contributed by atoms with E-state index in [4.69, 9.17) is 14.2 Å². The van der Waals surface area contributed by atoms with Gasteiger partial charge in [-0.25, -0.2) is 0 Å². The number of rotatable bonds is 9. The molecule has 0 unspecified atom stereocenters. The summed E-state index contributed by atoms with van der Waals surface area (Å²) in [5.41, 5.74) is 5.23. The van der Waals surface area contributed by atoms with Crippen molar-refractivity contribution in [2.45, 2.75) is 13.0 Å². The van der Waals surface area contributed by atoms with E-state index in [0.717, 1.165) is 70.8 Å². The highest BCUT2D eigenvalue weighted by Gasteiger charge is 2.18. The van der Waals surface area contributed by atoms with E-state index in [1.807, 2.05) is 30.3 Å². The van der Waals surface area contributed by atoms with Gasteiger partial charge in [-0.15, -0.1) is 0 Å². The van der Waals surface area contributed by atoms with Crippen LogP contribution in [0.25, 0.3) is 22.2 Å². The smallest absolute Gasteiger partial charge is 0.143 e. The van der Waals surface area contributed by atoms with Crippen LogP contribution in [0.5, 0.6) is 5.75 Å². The van der Waals surface area contributed by atoms with E-state index in [1.54, 1.807) is 0 Å². The Kier molecular flexibility index (Phi) is 7.43. The number of nitrogens with one attached hydrogen (secondary N) is 1. The number of ether oxygens (including phenoxy) is 3. The Hall–Kier alpha value is -2.87. The van der Waals surface area contributed by atoms with Gasteiger partial charge in [-0.3, -0.25) is 5.10 Å². The molecule has 6 nitrogen and oxygen atoms in total. The summed E-state index contributed by atoms with van der Waals surface area (Å²) in [6.45, 7) is 5.03. The van der Waals surface area contributed by atoms with E-state index in [2.05, 4.69) is 67.4 Å². The SMILES string of the molecule is Brc1ccc2[nH]nc(-c3ccc(N4CCOCC4)c(OCCCOCc4ccccc4)c3)c2c1. The van der Waals surface area contributed by atoms with Crippen LogP contribution < -0.4 is 9.64 Å². The summed E-state index contributed by atoms with van der Waals surface area (Å²) in [4.78, 5) is 2.33. The van der Waals surface area contributed by atoms with Crippen molar-refractivity contribution in [1.29, 1.82) is 0 Å². The van der Waals surface area contributed by atoms with Crippen molar-refractivity contribution in [2.75, 3.05) is 44.4 Å². The Labute approximate surface area is 208 Å². The minimum absolute atomic E-state index is 0.586. The molecule has 1 aliphatic heterocycles. The van der Waals surface area contributed by atoms with Gasteiger partial charge in [-0.05, 0) is 35.9 Å². The van der Waals surface area contributed by atoms with Crippen molar-refractivity contribution in [2.24, 2.45) is 0 Å². The molecule has 0 radical (unpaired) electrons. The zero-order valence-corrected chi connectivity index (χ0v) is 20.6. The maximum Gasteiger partial charge on any atom is 0.143 e. The van der Waals surface area contributed by atoms with Gasteiger partial charge in [0.25, 0.3) is 0 Å². The Morgan fingerprint density at radius 3 is 2.68 bits per heavy atom. The first kappa shape index (κ1) is 22.9. The van der Waals surface area contributed by atoms with Crippen LogP contribution in [0, 0.1) is 0 Å². The fourth-order valence-corrected chi connectivity index (χ4v) is 4.52. The van der Waals surface area contributed by atoms with Crippen molar-refractivity contribution >= 4 is 32.5 Å². The largest absolute Gasteiger partial charge is 0.491 e. The van der Waals surface area contributed by atoms with Gasteiger partial charge in [0.15, 0.2) is 0 Å². The summed E-state index contributed by atoms with van der Waals surface area (Å²) in [7, 11) is 0. The lowest BCUT2D eigenvalue weighted by Crippen LogP contribution is -2.36. The van der Waals surface area contributed by atoms with Gasteiger partial charge < -0.3 is 19.1 Å². The number of morpholine rings is 1. The molecule has 1 saturated heterocycles. The van der Waals surface area contributed by atoms with Crippen molar-refractivity contribution in [3.63, 3.8) is 0 Å². The molecule has 3 aromatic carbocycles. The molecular formula is C27H28BrN3O3. The highest BCUT2D eigenvalue weighted by molar-refractivity contribution is 9.10. The zero-order chi connectivity index (χ0) is 23.2. The Morgan fingerprint density at radius 1 is 0.971 bits per heavy atom. The van der Waals surface area contributed by atoms with E-state index in [-0.39, 0.29) is 0 Å². The van der Waals surface area contributed by atoms with Gasteiger partial charge in [0.05, 0.1) is 44.2 Å². The second-order valence-corrected chi connectivity index (χ2v) is 9.20. The van der Waals surface area contributed by atoms with Crippen molar-refractivity contribution in [3.05, 3.63) is 76.8 Å². The number of aromatic amines is 1. The topological polar surface area (TPSA) is 59.6 Å². The van der Waals surface area contributed by atoms with Gasteiger partial charge in [0, 0.05) is 34.9 Å². The molecule has 0 bridgehead atoms. The molecule has 1 aliphatic rings. The summed E-state index contributed by atoms with van der Waals surface area (Å²) in [5, 5.41) is 8.80. The third-order valence-corrected chi connectivity index (χ3v) is 6.41. The molecule has 4 aromatic rings. The van der Waals surface area contributed by atoms with Crippen LogP contribution in [0.1, 0.15) is 12.0 Å². The lowest BCUT2D eigenvalue weighted by atomic mass is 10.1. The molecule has 0 amide bonds. The predicted octanol–water partition coefficient (Wildman–Crippen LogP) is 5.81. The number of aromatic nitrogens is 2. The third-order valence-electron chi connectivity index (χ3n) is 5.91. The van der Waals surface area contributed by atoms with Crippen LogP contribution in [0.4, 0.5) is 5.69 Å².